The van der Waals surface area contributed by atoms with E-state index in [2.05, 4.69) is 5.32 Å². The Morgan fingerprint density at radius 1 is 1.09 bits per heavy atom. The minimum absolute atomic E-state index is 0.154. The number of hydrogen-bond acceptors (Lipinski definition) is 3. The second kappa shape index (κ2) is 8.75. The van der Waals surface area contributed by atoms with Gasteiger partial charge in [0.15, 0.2) is 6.61 Å². The minimum atomic E-state index is -0.375. The molecule has 1 saturated carbocycles. The van der Waals surface area contributed by atoms with Crippen LogP contribution in [0.3, 0.4) is 0 Å². The van der Waals surface area contributed by atoms with Crippen LogP contribution in [0.15, 0.2) is 12.1 Å². The molecule has 1 aliphatic rings. The zero-order valence-electron chi connectivity index (χ0n) is 14.3. The van der Waals surface area contributed by atoms with E-state index >= 15 is 0 Å². The van der Waals surface area contributed by atoms with Crippen molar-refractivity contribution in [3.05, 3.63) is 23.5 Å². The molecule has 1 heterocycles. The van der Waals surface area contributed by atoms with E-state index in [1.165, 1.54) is 19.3 Å². The summed E-state index contributed by atoms with van der Waals surface area (Å²) in [4.78, 5) is 23.8. The molecule has 1 N–H and O–H groups in total. The van der Waals surface area contributed by atoms with E-state index in [-0.39, 0.29) is 31.1 Å². The van der Waals surface area contributed by atoms with Crippen molar-refractivity contribution < 1.29 is 14.3 Å². The first-order valence-electron chi connectivity index (χ1n) is 8.64. The molecule has 1 aromatic heterocycles. The highest BCUT2D eigenvalue weighted by molar-refractivity contribution is 5.80. The average Bonchev–Trinajstić information content (AvgIpc) is 2.80. The van der Waals surface area contributed by atoms with E-state index in [0.717, 1.165) is 37.1 Å². The Morgan fingerprint density at radius 2 is 1.65 bits per heavy atom. The Balaban J connectivity index is 1.72. The van der Waals surface area contributed by atoms with Gasteiger partial charge in [0.1, 0.15) is 6.54 Å². The number of aromatic nitrogens is 1. The highest BCUT2D eigenvalue weighted by Crippen LogP contribution is 2.17. The molecule has 5 heteroatoms. The third-order valence-electron chi connectivity index (χ3n) is 4.54. The van der Waals surface area contributed by atoms with Gasteiger partial charge in [0.05, 0.1) is 0 Å². The summed E-state index contributed by atoms with van der Waals surface area (Å²) in [5.41, 5.74) is 2.02. The summed E-state index contributed by atoms with van der Waals surface area (Å²) in [7, 11) is 0. The normalized spacial score (nSPS) is 16.4. The van der Waals surface area contributed by atoms with Crippen LogP contribution in [0, 0.1) is 13.8 Å². The van der Waals surface area contributed by atoms with Gasteiger partial charge in [0.2, 0.25) is 0 Å². The van der Waals surface area contributed by atoms with Crippen LogP contribution in [0.4, 0.5) is 0 Å². The fraction of sp³-hybridized carbons (Fsp3) is 0.667. The lowest BCUT2D eigenvalue weighted by atomic mass is 9.97. The van der Waals surface area contributed by atoms with E-state index in [1.807, 2.05) is 30.5 Å². The molecule has 5 nitrogen and oxygen atoms in total. The van der Waals surface area contributed by atoms with E-state index in [0.29, 0.717) is 0 Å². The Hall–Kier alpha value is -1.78. The maximum Gasteiger partial charge on any atom is 0.326 e. The van der Waals surface area contributed by atoms with Crippen LogP contribution in [0.1, 0.15) is 56.3 Å². The van der Waals surface area contributed by atoms with Gasteiger partial charge >= 0.3 is 5.97 Å². The summed E-state index contributed by atoms with van der Waals surface area (Å²) in [6, 6.07) is 4.16. The molecule has 0 radical (unpaired) electrons. The van der Waals surface area contributed by atoms with Gasteiger partial charge in [0.25, 0.3) is 5.91 Å². The van der Waals surface area contributed by atoms with Crippen molar-refractivity contribution >= 4 is 11.9 Å². The first-order chi connectivity index (χ1) is 11.1. The number of rotatable bonds is 5. The quantitative estimate of drug-likeness (QED) is 0.849. The topological polar surface area (TPSA) is 60.3 Å². The molecule has 2 rings (SSSR count). The molecule has 0 aliphatic heterocycles. The SMILES string of the molecule is Cc1ccc(C)n1CC(=O)OCC(=O)NC1CCCCCCC1. The van der Waals surface area contributed by atoms with Crippen LogP contribution in [0.5, 0.6) is 0 Å². The van der Waals surface area contributed by atoms with Gasteiger partial charge in [-0.3, -0.25) is 9.59 Å². The number of hydrogen-bond donors (Lipinski definition) is 1. The Morgan fingerprint density at radius 3 is 2.26 bits per heavy atom. The maximum absolute atomic E-state index is 12.0. The van der Waals surface area contributed by atoms with Gasteiger partial charge in [-0.1, -0.05) is 32.1 Å². The molecule has 0 saturated heterocycles. The lowest BCUT2D eigenvalue weighted by molar-refractivity contribution is -0.149. The fourth-order valence-corrected chi connectivity index (χ4v) is 3.14. The van der Waals surface area contributed by atoms with Crippen molar-refractivity contribution in [2.45, 2.75) is 71.4 Å². The predicted octanol–water partition coefficient (Wildman–Crippen LogP) is 2.88. The van der Waals surface area contributed by atoms with Crippen molar-refractivity contribution in [3.63, 3.8) is 0 Å². The summed E-state index contributed by atoms with van der Waals surface area (Å²) < 4.78 is 7.00. The molecular formula is C18H28N2O3. The van der Waals surface area contributed by atoms with Crippen molar-refractivity contribution in [1.82, 2.24) is 9.88 Å². The van der Waals surface area contributed by atoms with Crippen molar-refractivity contribution in [2.24, 2.45) is 0 Å². The molecule has 1 aliphatic carbocycles. The number of nitrogens with one attached hydrogen (secondary N) is 1. The van der Waals surface area contributed by atoms with Gasteiger partial charge < -0.3 is 14.6 Å². The first-order valence-corrected chi connectivity index (χ1v) is 8.64. The fourth-order valence-electron chi connectivity index (χ4n) is 3.14. The standard InChI is InChI=1S/C18H28N2O3/c1-14-10-11-15(2)20(14)12-18(22)23-13-17(21)19-16-8-6-4-3-5-7-9-16/h10-11,16H,3-9,12-13H2,1-2H3,(H,19,21). The molecule has 128 valence electrons. The van der Waals surface area contributed by atoms with Crippen LogP contribution in [0.25, 0.3) is 0 Å². The monoisotopic (exact) mass is 320 g/mol. The van der Waals surface area contributed by atoms with Crippen LogP contribution in [-0.4, -0.2) is 29.1 Å². The van der Waals surface area contributed by atoms with Crippen molar-refractivity contribution in [1.29, 1.82) is 0 Å². The second-order valence-electron chi connectivity index (χ2n) is 6.47. The van der Waals surface area contributed by atoms with Gasteiger partial charge in [-0.05, 0) is 38.8 Å². The molecule has 1 fully saturated rings. The molecule has 0 aromatic carbocycles. The molecule has 0 bridgehead atoms. The molecular weight excluding hydrogens is 292 g/mol. The lowest BCUT2D eigenvalue weighted by Gasteiger charge is -2.21. The van der Waals surface area contributed by atoms with Crippen LogP contribution < -0.4 is 5.32 Å². The Kier molecular flexibility index (Phi) is 6.68. The number of carbonyl (C=O) groups is 2. The third-order valence-corrected chi connectivity index (χ3v) is 4.54. The van der Waals surface area contributed by atoms with Crippen molar-refractivity contribution in [3.8, 4) is 0 Å². The highest BCUT2D eigenvalue weighted by atomic mass is 16.5. The average molecular weight is 320 g/mol. The summed E-state index contributed by atoms with van der Waals surface area (Å²) in [5, 5.41) is 3.00. The zero-order valence-corrected chi connectivity index (χ0v) is 14.3. The van der Waals surface area contributed by atoms with Crippen LogP contribution in [-0.2, 0) is 20.9 Å². The Bertz CT molecular complexity index is 509. The van der Waals surface area contributed by atoms with E-state index < -0.39 is 0 Å². The summed E-state index contributed by atoms with van der Waals surface area (Å²) >= 11 is 0. The molecule has 0 atom stereocenters. The Labute approximate surface area is 138 Å². The molecule has 1 aromatic rings. The zero-order chi connectivity index (χ0) is 16.7. The smallest absolute Gasteiger partial charge is 0.326 e. The van der Waals surface area contributed by atoms with E-state index in [1.54, 1.807) is 0 Å². The minimum Gasteiger partial charge on any atom is -0.454 e. The van der Waals surface area contributed by atoms with Crippen LogP contribution >= 0.6 is 0 Å². The molecule has 23 heavy (non-hydrogen) atoms. The molecule has 0 unspecified atom stereocenters. The molecule has 0 spiro atoms. The number of esters is 1. The van der Waals surface area contributed by atoms with Crippen LogP contribution in [0.2, 0.25) is 0 Å². The van der Waals surface area contributed by atoms with Crippen molar-refractivity contribution in [2.75, 3.05) is 6.61 Å². The number of carbonyl (C=O) groups excluding carboxylic acids is 2. The summed E-state index contributed by atoms with van der Waals surface area (Å²) in [5.74, 6) is -0.565. The summed E-state index contributed by atoms with van der Waals surface area (Å²) in [6.07, 6.45) is 8.18. The second-order valence-corrected chi connectivity index (χ2v) is 6.47. The number of aryl methyl sites for hydroxylation is 2. The van der Waals surface area contributed by atoms with Gasteiger partial charge in [-0.2, -0.15) is 0 Å². The largest absolute Gasteiger partial charge is 0.454 e. The summed E-state index contributed by atoms with van der Waals surface area (Å²) in [6.45, 7) is 3.86. The lowest BCUT2D eigenvalue weighted by Crippen LogP contribution is -2.38. The number of nitrogens with zero attached hydrogens (tertiary/aromatic N) is 1. The van der Waals surface area contributed by atoms with E-state index in [4.69, 9.17) is 4.74 Å². The number of amides is 1. The predicted molar refractivity (Wildman–Crippen MR) is 89.1 cm³/mol. The first kappa shape index (κ1) is 17.6. The van der Waals surface area contributed by atoms with Gasteiger partial charge in [0, 0.05) is 17.4 Å². The van der Waals surface area contributed by atoms with Gasteiger partial charge in [-0.15, -0.1) is 0 Å². The van der Waals surface area contributed by atoms with Gasteiger partial charge in [-0.25, -0.2) is 0 Å². The number of ether oxygens (including phenoxy) is 1. The molecule has 1 amide bonds. The third kappa shape index (κ3) is 5.73. The maximum atomic E-state index is 12.0. The van der Waals surface area contributed by atoms with E-state index in [9.17, 15) is 9.59 Å². The highest BCUT2D eigenvalue weighted by Gasteiger charge is 2.15.